The summed E-state index contributed by atoms with van der Waals surface area (Å²) in [6, 6.07) is 22.8. The van der Waals surface area contributed by atoms with Gasteiger partial charge in [-0.2, -0.15) is 0 Å². The van der Waals surface area contributed by atoms with Crippen molar-refractivity contribution >= 4 is 28.5 Å². The first-order valence-electron chi connectivity index (χ1n) is 10.4. The predicted octanol–water partition coefficient (Wildman–Crippen LogP) is 5.62. The fourth-order valence-electron chi connectivity index (χ4n) is 3.67. The van der Waals surface area contributed by atoms with Crippen LogP contribution in [0.25, 0.3) is 22.2 Å². The van der Waals surface area contributed by atoms with Crippen LogP contribution in [-0.2, 0) is 9.53 Å². The number of rotatable bonds is 5. The molecular formula is C27H24N2O3. The van der Waals surface area contributed by atoms with Crippen LogP contribution in [0.15, 0.2) is 72.8 Å². The monoisotopic (exact) mass is 424 g/mol. The maximum atomic E-state index is 12.9. The maximum Gasteiger partial charge on any atom is 0.339 e. The molecule has 0 aliphatic rings. The fourth-order valence-corrected chi connectivity index (χ4v) is 3.67. The number of nitrogens with zero attached hydrogens (tertiary/aromatic N) is 1. The summed E-state index contributed by atoms with van der Waals surface area (Å²) in [7, 11) is 0. The molecule has 4 rings (SSSR count). The maximum absolute atomic E-state index is 12.9. The van der Waals surface area contributed by atoms with Gasteiger partial charge in [-0.3, -0.25) is 4.79 Å². The number of pyridine rings is 1. The minimum absolute atomic E-state index is 0.373. The van der Waals surface area contributed by atoms with Crippen molar-refractivity contribution in [1.29, 1.82) is 0 Å². The van der Waals surface area contributed by atoms with Gasteiger partial charge < -0.3 is 10.1 Å². The number of hydrogen-bond donors (Lipinski definition) is 1. The highest BCUT2D eigenvalue weighted by atomic mass is 16.5. The zero-order valence-corrected chi connectivity index (χ0v) is 18.3. The standard InChI is InChI=1S/C27H24N2O3/c1-17-8-10-20(11-9-17)25-15-23(22-6-4-5-7-24(22)29-25)27(31)32-16-26(30)28-21-13-18(2)12-19(3)14-21/h4-15H,16H2,1-3H3,(H,28,30). The number of ether oxygens (including phenoxy) is 1. The average molecular weight is 425 g/mol. The van der Waals surface area contributed by atoms with Gasteiger partial charge in [0.2, 0.25) is 0 Å². The molecule has 0 fully saturated rings. The molecule has 32 heavy (non-hydrogen) atoms. The Morgan fingerprint density at radius 2 is 1.53 bits per heavy atom. The molecule has 0 radical (unpaired) electrons. The Morgan fingerprint density at radius 1 is 0.844 bits per heavy atom. The summed E-state index contributed by atoms with van der Waals surface area (Å²) in [6.07, 6.45) is 0. The molecule has 0 atom stereocenters. The molecule has 0 bridgehead atoms. The van der Waals surface area contributed by atoms with E-state index in [9.17, 15) is 9.59 Å². The largest absolute Gasteiger partial charge is 0.452 e. The number of para-hydroxylation sites is 1. The van der Waals surface area contributed by atoms with Crippen molar-refractivity contribution in [2.45, 2.75) is 20.8 Å². The Bertz CT molecular complexity index is 1290. The van der Waals surface area contributed by atoms with Crippen LogP contribution in [0.3, 0.4) is 0 Å². The first-order valence-corrected chi connectivity index (χ1v) is 10.4. The third-order valence-corrected chi connectivity index (χ3v) is 5.12. The summed E-state index contributed by atoms with van der Waals surface area (Å²) in [5, 5.41) is 3.46. The highest BCUT2D eigenvalue weighted by molar-refractivity contribution is 6.05. The number of benzene rings is 3. The number of aromatic nitrogens is 1. The lowest BCUT2D eigenvalue weighted by Crippen LogP contribution is -2.21. The predicted molar refractivity (Wildman–Crippen MR) is 127 cm³/mol. The Labute approximate surface area is 187 Å². The van der Waals surface area contributed by atoms with Gasteiger partial charge in [0, 0.05) is 16.6 Å². The summed E-state index contributed by atoms with van der Waals surface area (Å²) < 4.78 is 5.36. The molecule has 0 aliphatic carbocycles. The normalized spacial score (nSPS) is 10.7. The molecule has 5 heteroatoms. The minimum atomic E-state index is -0.562. The van der Waals surface area contributed by atoms with Gasteiger partial charge in [0.1, 0.15) is 0 Å². The van der Waals surface area contributed by atoms with E-state index in [1.807, 2.05) is 87.5 Å². The van der Waals surface area contributed by atoms with Gasteiger partial charge in [0.15, 0.2) is 6.61 Å². The Hall–Kier alpha value is -3.99. The smallest absolute Gasteiger partial charge is 0.339 e. The molecule has 1 aromatic heterocycles. The molecule has 0 aliphatic heterocycles. The van der Waals surface area contributed by atoms with Crippen molar-refractivity contribution < 1.29 is 14.3 Å². The van der Waals surface area contributed by atoms with Crippen LogP contribution < -0.4 is 5.32 Å². The number of hydrogen-bond acceptors (Lipinski definition) is 4. The van der Waals surface area contributed by atoms with Crippen LogP contribution in [0.1, 0.15) is 27.0 Å². The van der Waals surface area contributed by atoms with Crippen LogP contribution in [0.2, 0.25) is 0 Å². The molecule has 1 N–H and O–H groups in total. The van der Waals surface area contributed by atoms with Crippen molar-refractivity contribution in [1.82, 2.24) is 4.98 Å². The van der Waals surface area contributed by atoms with E-state index >= 15 is 0 Å². The van der Waals surface area contributed by atoms with Crippen molar-refractivity contribution in [2.75, 3.05) is 11.9 Å². The number of anilines is 1. The quantitative estimate of drug-likeness (QED) is 0.422. The van der Waals surface area contributed by atoms with Crippen molar-refractivity contribution in [3.63, 3.8) is 0 Å². The van der Waals surface area contributed by atoms with Gasteiger partial charge in [0.05, 0.1) is 16.8 Å². The minimum Gasteiger partial charge on any atom is -0.452 e. The summed E-state index contributed by atoms with van der Waals surface area (Å²) in [5.41, 5.74) is 6.57. The fraction of sp³-hybridized carbons (Fsp3) is 0.148. The van der Waals surface area contributed by atoms with Gasteiger partial charge >= 0.3 is 5.97 Å². The molecule has 1 heterocycles. The number of fused-ring (bicyclic) bond motifs is 1. The third kappa shape index (κ3) is 4.83. The molecule has 0 unspecified atom stereocenters. The van der Waals surface area contributed by atoms with Crippen LogP contribution in [0, 0.1) is 20.8 Å². The van der Waals surface area contributed by atoms with Gasteiger partial charge in [-0.05, 0) is 56.2 Å². The van der Waals surface area contributed by atoms with E-state index in [-0.39, 0.29) is 12.5 Å². The van der Waals surface area contributed by atoms with Crippen molar-refractivity contribution in [3.8, 4) is 11.3 Å². The number of aryl methyl sites for hydroxylation is 3. The zero-order valence-electron chi connectivity index (χ0n) is 18.3. The molecule has 1 amide bonds. The molecule has 0 saturated carbocycles. The topological polar surface area (TPSA) is 68.3 Å². The summed E-state index contributed by atoms with van der Waals surface area (Å²) in [5.74, 6) is -0.951. The molecule has 5 nitrogen and oxygen atoms in total. The van der Waals surface area contributed by atoms with Crippen LogP contribution in [0.5, 0.6) is 0 Å². The van der Waals surface area contributed by atoms with Gasteiger partial charge in [-0.25, -0.2) is 9.78 Å². The Morgan fingerprint density at radius 3 is 2.25 bits per heavy atom. The Kier molecular flexibility index (Phi) is 5.99. The number of amides is 1. The molecule has 4 aromatic rings. The highest BCUT2D eigenvalue weighted by Gasteiger charge is 2.17. The second-order valence-electron chi connectivity index (χ2n) is 7.94. The molecule has 0 saturated heterocycles. The van der Waals surface area contributed by atoms with Crippen molar-refractivity contribution in [3.05, 3.63) is 95.1 Å². The Balaban J connectivity index is 1.56. The molecule has 3 aromatic carbocycles. The van der Waals surface area contributed by atoms with Crippen LogP contribution >= 0.6 is 0 Å². The molecular weight excluding hydrogens is 400 g/mol. The van der Waals surface area contributed by atoms with E-state index in [4.69, 9.17) is 9.72 Å². The number of carbonyl (C=O) groups is 2. The summed E-state index contributed by atoms with van der Waals surface area (Å²) in [4.78, 5) is 30.0. The lowest BCUT2D eigenvalue weighted by molar-refractivity contribution is -0.119. The SMILES string of the molecule is Cc1ccc(-c2cc(C(=O)OCC(=O)Nc3cc(C)cc(C)c3)c3ccccc3n2)cc1. The van der Waals surface area contributed by atoms with E-state index in [1.54, 1.807) is 6.07 Å². The van der Waals surface area contributed by atoms with Gasteiger partial charge in [-0.1, -0.05) is 54.1 Å². The van der Waals surface area contributed by atoms with Crippen LogP contribution in [-0.4, -0.2) is 23.5 Å². The summed E-state index contributed by atoms with van der Waals surface area (Å²) in [6.45, 7) is 5.57. The second-order valence-corrected chi connectivity index (χ2v) is 7.94. The lowest BCUT2D eigenvalue weighted by atomic mass is 10.0. The lowest BCUT2D eigenvalue weighted by Gasteiger charge is -2.11. The van der Waals surface area contributed by atoms with E-state index in [0.717, 1.165) is 22.3 Å². The van der Waals surface area contributed by atoms with Crippen molar-refractivity contribution in [2.24, 2.45) is 0 Å². The van der Waals surface area contributed by atoms with E-state index in [1.165, 1.54) is 0 Å². The van der Waals surface area contributed by atoms with E-state index < -0.39 is 5.97 Å². The van der Waals surface area contributed by atoms with Crippen LogP contribution in [0.4, 0.5) is 5.69 Å². The van der Waals surface area contributed by atoms with E-state index in [2.05, 4.69) is 5.32 Å². The van der Waals surface area contributed by atoms with E-state index in [0.29, 0.717) is 27.8 Å². The van der Waals surface area contributed by atoms with Gasteiger partial charge in [0.25, 0.3) is 5.91 Å². The van der Waals surface area contributed by atoms with Gasteiger partial charge in [-0.15, -0.1) is 0 Å². The zero-order chi connectivity index (χ0) is 22.7. The molecule has 160 valence electrons. The number of nitrogens with one attached hydrogen (secondary N) is 1. The second kappa shape index (κ2) is 9.02. The first-order chi connectivity index (χ1) is 15.4. The highest BCUT2D eigenvalue weighted by Crippen LogP contribution is 2.26. The first kappa shape index (κ1) is 21.2. The molecule has 0 spiro atoms. The number of esters is 1. The number of carbonyl (C=O) groups excluding carboxylic acids is 2. The third-order valence-electron chi connectivity index (χ3n) is 5.12. The summed E-state index contributed by atoms with van der Waals surface area (Å²) >= 11 is 0. The average Bonchev–Trinajstić information content (AvgIpc) is 2.76.